The Morgan fingerprint density at radius 2 is 1.95 bits per heavy atom. The highest BCUT2D eigenvalue weighted by molar-refractivity contribution is 5.38. The lowest BCUT2D eigenvalue weighted by atomic mass is 9.59. The maximum absolute atomic E-state index is 10.8. The van der Waals surface area contributed by atoms with E-state index in [4.69, 9.17) is 4.74 Å². The summed E-state index contributed by atoms with van der Waals surface area (Å²) in [6.45, 7) is 0. The molecule has 2 saturated carbocycles. The largest absolute Gasteiger partial charge is 0.489 e. The molecule has 0 bridgehead atoms. The molecule has 0 radical (unpaired) electrons. The van der Waals surface area contributed by atoms with Crippen LogP contribution in [0.1, 0.15) is 44.9 Å². The number of nitro benzene ring substituents is 1. The lowest BCUT2D eigenvalue weighted by Gasteiger charge is -2.53. The summed E-state index contributed by atoms with van der Waals surface area (Å²) in [6, 6.07) is 6.32. The van der Waals surface area contributed by atoms with E-state index in [1.54, 1.807) is 12.1 Å². The molecule has 21 heavy (non-hydrogen) atoms. The molecule has 5 heteroatoms. The number of hydrogen-bond acceptors (Lipinski definition) is 4. The first-order valence-electron chi connectivity index (χ1n) is 7.71. The zero-order valence-electron chi connectivity index (χ0n) is 12.0. The molecule has 114 valence electrons. The Morgan fingerprint density at radius 3 is 2.57 bits per heavy atom. The van der Waals surface area contributed by atoms with Gasteiger partial charge in [-0.15, -0.1) is 0 Å². The van der Waals surface area contributed by atoms with E-state index in [1.807, 2.05) is 0 Å². The van der Waals surface area contributed by atoms with Crippen LogP contribution in [0, 0.1) is 15.5 Å². The van der Waals surface area contributed by atoms with Crippen molar-refractivity contribution in [2.45, 2.75) is 57.2 Å². The first-order valence-corrected chi connectivity index (χ1v) is 7.71. The molecule has 1 N–H and O–H groups in total. The van der Waals surface area contributed by atoms with Crippen LogP contribution in [0.3, 0.4) is 0 Å². The third-order valence-electron chi connectivity index (χ3n) is 5.08. The molecule has 0 aliphatic heterocycles. The fraction of sp³-hybridized carbons (Fsp3) is 0.625. The molecule has 3 rings (SSSR count). The molecule has 0 heterocycles. The summed E-state index contributed by atoms with van der Waals surface area (Å²) in [5, 5.41) is 21.1. The van der Waals surface area contributed by atoms with Crippen LogP contribution in [0.5, 0.6) is 5.75 Å². The van der Waals surface area contributed by atoms with Crippen LogP contribution < -0.4 is 4.74 Å². The predicted octanol–water partition coefficient (Wildman–Crippen LogP) is 3.45. The Morgan fingerprint density at radius 1 is 1.24 bits per heavy atom. The third-order valence-corrected chi connectivity index (χ3v) is 5.08. The number of hydrogen-bond donors (Lipinski definition) is 1. The van der Waals surface area contributed by atoms with Crippen molar-refractivity contribution in [3.63, 3.8) is 0 Å². The van der Waals surface area contributed by atoms with Gasteiger partial charge in [-0.3, -0.25) is 10.1 Å². The molecule has 1 aromatic carbocycles. The lowest BCUT2D eigenvalue weighted by Crippen LogP contribution is -2.59. The number of aliphatic hydroxyl groups is 1. The topological polar surface area (TPSA) is 72.6 Å². The van der Waals surface area contributed by atoms with Crippen molar-refractivity contribution >= 4 is 5.69 Å². The highest BCUT2D eigenvalue weighted by Gasteiger charge is 2.55. The number of ether oxygens (including phenoxy) is 1. The van der Waals surface area contributed by atoms with Gasteiger partial charge in [0.05, 0.1) is 17.1 Å². The zero-order chi connectivity index (χ0) is 14.9. The molecular weight excluding hydrogens is 270 g/mol. The summed E-state index contributed by atoms with van der Waals surface area (Å²) in [7, 11) is 0. The van der Waals surface area contributed by atoms with Crippen LogP contribution >= 0.6 is 0 Å². The summed E-state index contributed by atoms with van der Waals surface area (Å²) in [4.78, 5) is 10.4. The van der Waals surface area contributed by atoms with E-state index in [0.717, 1.165) is 25.7 Å². The SMILES string of the molecule is O=[N+]([O-])c1cccc(OC2CC(O)C23CCCCCC3)c1. The van der Waals surface area contributed by atoms with Crippen LogP contribution in [0.4, 0.5) is 5.69 Å². The van der Waals surface area contributed by atoms with Crippen LogP contribution in [-0.4, -0.2) is 22.2 Å². The van der Waals surface area contributed by atoms with Gasteiger partial charge in [-0.05, 0) is 18.9 Å². The van der Waals surface area contributed by atoms with E-state index in [2.05, 4.69) is 0 Å². The summed E-state index contributed by atoms with van der Waals surface area (Å²) in [6.07, 6.45) is 7.00. The number of nitrogens with zero attached hydrogens (tertiary/aromatic N) is 1. The predicted molar refractivity (Wildman–Crippen MR) is 78.3 cm³/mol. The van der Waals surface area contributed by atoms with E-state index in [1.165, 1.54) is 25.0 Å². The fourth-order valence-electron chi connectivity index (χ4n) is 3.77. The van der Waals surface area contributed by atoms with E-state index in [0.29, 0.717) is 12.2 Å². The van der Waals surface area contributed by atoms with Crippen molar-refractivity contribution in [3.05, 3.63) is 34.4 Å². The Kier molecular flexibility index (Phi) is 3.85. The monoisotopic (exact) mass is 291 g/mol. The van der Waals surface area contributed by atoms with Gasteiger partial charge in [-0.25, -0.2) is 0 Å². The molecule has 2 aliphatic rings. The quantitative estimate of drug-likeness (QED) is 0.684. The molecule has 5 nitrogen and oxygen atoms in total. The van der Waals surface area contributed by atoms with Gasteiger partial charge in [0.2, 0.25) is 0 Å². The van der Waals surface area contributed by atoms with Crippen molar-refractivity contribution in [1.82, 2.24) is 0 Å². The highest BCUT2D eigenvalue weighted by atomic mass is 16.6. The van der Waals surface area contributed by atoms with Crippen LogP contribution in [0.15, 0.2) is 24.3 Å². The van der Waals surface area contributed by atoms with Crippen molar-refractivity contribution in [2.75, 3.05) is 0 Å². The first-order chi connectivity index (χ1) is 10.1. The van der Waals surface area contributed by atoms with Gasteiger partial charge in [-0.2, -0.15) is 0 Å². The number of nitro groups is 1. The van der Waals surface area contributed by atoms with Crippen molar-refractivity contribution in [2.24, 2.45) is 5.41 Å². The molecule has 0 saturated heterocycles. The highest BCUT2D eigenvalue weighted by Crippen LogP contribution is 2.52. The second-order valence-electron chi connectivity index (χ2n) is 6.26. The number of non-ortho nitro benzene ring substituents is 1. The Labute approximate surface area is 124 Å². The molecule has 1 aromatic rings. The minimum Gasteiger partial charge on any atom is -0.489 e. The van der Waals surface area contributed by atoms with Gasteiger partial charge in [0.1, 0.15) is 11.9 Å². The second kappa shape index (κ2) is 5.64. The maximum atomic E-state index is 10.8. The Hall–Kier alpha value is -1.62. The molecule has 2 atom stereocenters. The van der Waals surface area contributed by atoms with E-state index < -0.39 is 4.92 Å². The van der Waals surface area contributed by atoms with Gasteiger partial charge >= 0.3 is 0 Å². The third kappa shape index (κ3) is 2.62. The molecule has 2 unspecified atom stereocenters. The number of benzene rings is 1. The van der Waals surface area contributed by atoms with Crippen molar-refractivity contribution < 1.29 is 14.8 Å². The molecule has 1 spiro atoms. The normalized spacial score (nSPS) is 27.7. The van der Waals surface area contributed by atoms with Crippen LogP contribution in [0.25, 0.3) is 0 Å². The standard InChI is InChI=1S/C16H21NO4/c18-14-11-15(16(14)8-3-1-2-4-9-16)21-13-7-5-6-12(10-13)17(19)20/h5-7,10,14-15,18H,1-4,8-9,11H2. The average Bonchev–Trinajstić information content (AvgIpc) is 2.75. The smallest absolute Gasteiger partial charge is 0.273 e. The van der Waals surface area contributed by atoms with E-state index in [-0.39, 0.29) is 23.3 Å². The maximum Gasteiger partial charge on any atom is 0.273 e. The van der Waals surface area contributed by atoms with Gasteiger partial charge in [0.15, 0.2) is 0 Å². The average molecular weight is 291 g/mol. The van der Waals surface area contributed by atoms with Crippen LogP contribution in [-0.2, 0) is 0 Å². The Bertz CT molecular complexity index is 523. The Balaban J connectivity index is 1.75. The van der Waals surface area contributed by atoms with E-state index in [9.17, 15) is 15.2 Å². The molecule has 0 aromatic heterocycles. The fourth-order valence-corrected chi connectivity index (χ4v) is 3.77. The molecular formula is C16H21NO4. The minimum absolute atomic E-state index is 0.0207. The summed E-state index contributed by atoms with van der Waals surface area (Å²) >= 11 is 0. The molecule has 2 aliphatic carbocycles. The second-order valence-corrected chi connectivity index (χ2v) is 6.26. The lowest BCUT2D eigenvalue weighted by molar-refractivity contribution is -0.385. The van der Waals surface area contributed by atoms with Gasteiger partial charge in [0, 0.05) is 17.9 Å². The zero-order valence-corrected chi connectivity index (χ0v) is 12.0. The van der Waals surface area contributed by atoms with Crippen molar-refractivity contribution in [3.8, 4) is 5.75 Å². The van der Waals surface area contributed by atoms with Gasteiger partial charge in [0.25, 0.3) is 5.69 Å². The summed E-state index contributed by atoms with van der Waals surface area (Å²) < 4.78 is 6.00. The minimum atomic E-state index is -0.413. The van der Waals surface area contributed by atoms with Gasteiger partial charge in [-0.1, -0.05) is 31.7 Å². The number of aliphatic hydroxyl groups excluding tert-OH is 1. The summed E-state index contributed by atoms with van der Waals surface area (Å²) in [5.74, 6) is 0.532. The van der Waals surface area contributed by atoms with E-state index >= 15 is 0 Å². The van der Waals surface area contributed by atoms with Gasteiger partial charge < -0.3 is 9.84 Å². The molecule has 2 fully saturated rings. The van der Waals surface area contributed by atoms with Crippen LogP contribution in [0.2, 0.25) is 0 Å². The number of rotatable bonds is 3. The van der Waals surface area contributed by atoms with Crippen molar-refractivity contribution in [1.29, 1.82) is 0 Å². The summed E-state index contributed by atoms with van der Waals surface area (Å²) in [5.41, 5.74) is -0.0940. The first kappa shape index (κ1) is 14.3. The molecule has 0 amide bonds.